The van der Waals surface area contributed by atoms with Crippen LogP contribution in [0.5, 0.6) is 0 Å². The van der Waals surface area contributed by atoms with E-state index in [9.17, 15) is 14.4 Å². The molecule has 0 aromatic rings. The summed E-state index contributed by atoms with van der Waals surface area (Å²) in [6, 6.07) is 0. The van der Waals surface area contributed by atoms with Crippen LogP contribution in [0.2, 0.25) is 0 Å². The molecule has 0 saturated carbocycles. The lowest BCUT2D eigenvalue weighted by Gasteiger charge is -2.19. The van der Waals surface area contributed by atoms with Gasteiger partial charge in [-0.25, -0.2) is 0 Å². The molecular formula is C13H16O5. The third-order valence-corrected chi connectivity index (χ3v) is 2.39. The van der Waals surface area contributed by atoms with Gasteiger partial charge < -0.3 is 9.47 Å². The summed E-state index contributed by atoms with van der Waals surface area (Å²) in [5.41, 5.74) is 0.203. The summed E-state index contributed by atoms with van der Waals surface area (Å²) in [6.45, 7) is 4.17. The molecule has 0 unspecified atom stereocenters. The van der Waals surface area contributed by atoms with Gasteiger partial charge in [0.15, 0.2) is 5.78 Å². The standard InChI is InChI=1S/C13H16O5/c1-4-11(17-8(2)14)13-10(16)6-5-7-12(13)18-9(3)15/h4H,5-7H2,1-3H3/b11-4-. The summed E-state index contributed by atoms with van der Waals surface area (Å²) in [7, 11) is 0. The number of esters is 2. The van der Waals surface area contributed by atoms with Gasteiger partial charge >= 0.3 is 11.9 Å². The number of rotatable bonds is 3. The Morgan fingerprint density at radius 1 is 1.17 bits per heavy atom. The second-order valence-corrected chi connectivity index (χ2v) is 3.92. The van der Waals surface area contributed by atoms with Crippen LogP contribution >= 0.6 is 0 Å². The fourth-order valence-electron chi connectivity index (χ4n) is 1.77. The second-order valence-electron chi connectivity index (χ2n) is 3.92. The van der Waals surface area contributed by atoms with E-state index in [0.717, 1.165) is 0 Å². The van der Waals surface area contributed by atoms with Gasteiger partial charge in [-0.2, -0.15) is 0 Å². The molecule has 5 nitrogen and oxygen atoms in total. The summed E-state index contributed by atoms with van der Waals surface area (Å²) < 4.78 is 10.00. The number of carbonyl (C=O) groups is 3. The van der Waals surface area contributed by atoms with Crippen molar-refractivity contribution in [2.24, 2.45) is 0 Å². The summed E-state index contributed by atoms with van der Waals surface area (Å²) in [5, 5.41) is 0. The topological polar surface area (TPSA) is 69.7 Å². The molecule has 5 heteroatoms. The van der Waals surface area contributed by atoms with E-state index < -0.39 is 11.9 Å². The third-order valence-electron chi connectivity index (χ3n) is 2.39. The molecule has 18 heavy (non-hydrogen) atoms. The third kappa shape index (κ3) is 3.55. The molecule has 0 spiro atoms. The summed E-state index contributed by atoms with van der Waals surface area (Å²) in [6.07, 6.45) is 2.99. The Bertz CT molecular complexity index is 442. The summed E-state index contributed by atoms with van der Waals surface area (Å²) in [5.74, 6) is -0.741. The van der Waals surface area contributed by atoms with E-state index >= 15 is 0 Å². The van der Waals surface area contributed by atoms with Crippen LogP contribution in [0.15, 0.2) is 23.2 Å². The molecule has 0 N–H and O–H groups in total. The predicted octanol–water partition coefficient (Wildman–Crippen LogP) is 2.02. The van der Waals surface area contributed by atoms with Crippen LogP contribution in [0.4, 0.5) is 0 Å². The minimum Gasteiger partial charge on any atom is -0.430 e. The van der Waals surface area contributed by atoms with E-state index in [2.05, 4.69) is 0 Å². The highest BCUT2D eigenvalue weighted by Gasteiger charge is 2.27. The first kappa shape index (κ1) is 14.2. The fourth-order valence-corrected chi connectivity index (χ4v) is 1.77. The Hall–Kier alpha value is -1.91. The molecule has 0 bridgehead atoms. The summed E-state index contributed by atoms with van der Waals surface area (Å²) in [4.78, 5) is 33.9. The Morgan fingerprint density at radius 2 is 1.83 bits per heavy atom. The molecule has 1 rings (SSSR count). The van der Waals surface area contributed by atoms with Crippen molar-refractivity contribution in [3.8, 4) is 0 Å². The quantitative estimate of drug-likeness (QED) is 0.567. The van der Waals surface area contributed by atoms with Crippen molar-refractivity contribution in [3.05, 3.63) is 23.2 Å². The largest absolute Gasteiger partial charge is 0.430 e. The van der Waals surface area contributed by atoms with Crippen molar-refractivity contribution in [2.45, 2.75) is 40.0 Å². The molecule has 0 saturated heterocycles. The Balaban J connectivity index is 3.16. The molecule has 0 heterocycles. The van der Waals surface area contributed by atoms with Crippen molar-refractivity contribution in [1.29, 1.82) is 0 Å². The van der Waals surface area contributed by atoms with Crippen LogP contribution in [-0.4, -0.2) is 17.7 Å². The Kier molecular flexibility index (Phi) is 4.83. The fraction of sp³-hybridized carbons (Fsp3) is 0.462. The van der Waals surface area contributed by atoms with Crippen molar-refractivity contribution in [3.63, 3.8) is 0 Å². The van der Waals surface area contributed by atoms with E-state index in [1.54, 1.807) is 6.92 Å². The van der Waals surface area contributed by atoms with Gasteiger partial charge in [0.2, 0.25) is 0 Å². The molecular weight excluding hydrogens is 236 g/mol. The van der Waals surface area contributed by atoms with Crippen LogP contribution < -0.4 is 0 Å². The van der Waals surface area contributed by atoms with Gasteiger partial charge in [0.1, 0.15) is 11.5 Å². The van der Waals surface area contributed by atoms with E-state index in [1.807, 2.05) is 0 Å². The zero-order valence-electron chi connectivity index (χ0n) is 10.7. The van der Waals surface area contributed by atoms with Gasteiger partial charge in [0, 0.05) is 26.7 Å². The first-order valence-corrected chi connectivity index (χ1v) is 5.75. The highest BCUT2D eigenvalue weighted by atomic mass is 16.5. The molecule has 0 radical (unpaired) electrons. The number of allylic oxidation sites excluding steroid dienone is 3. The van der Waals surface area contributed by atoms with E-state index in [0.29, 0.717) is 19.3 Å². The van der Waals surface area contributed by atoms with E-state index in [1.165, 1.54) is 19.9 Å². The number of ether oxygens (including phenoxy) is 2. The SMILES string of the molecule is C/C=C(\OC(C)=O)C1=C(OC(C)=O)CCCC1=O. The van der Waals surface area contributed by atoms with E-state index in [4.69, 9.17) is 9.47 Å². The first-order chi connectivity index (χ1) is 8.45. The number of ketones is 1. The van der Waals surface area contributed by atoms with Gasteiger partial charge in [-0.3, -0.25) is 14.4 Å². The molecule has 1 aliphatic rings. The van der Waals surface area contributed by atoms with Crippen LogP contribution in [0.1, 0.15) is 40.0 Å². The lowest BCUT2D eigenvalue weighted by atomic mass is 9.94. The highest BCUT2D eigenvalue weighted by molar-refractivity contribution is 6.01. The zero-order chi connectivity index (χ0) is 13.7. The normalized spacial score (nSPS) is 16.6. The van der Waals surface area contributed by atoms with E-state index in [-0.39, 0.29) is 22.9 Å². The molecule has 0 aromatic carbocycles. The van der Waals surface area contributed by atoms with Crippen LogP contribution in [0.3, 0.4) is 0 Å². The smallest absolute Gasteiger partial charge is 0.308 e. The number of carbonyl (C=O) groups excluding carboxylic acids is 3. The summed E-state index contributed by atoms with van der Waals surface area (Å²) >= 11 is 0. The minimum absolute atomic E-state index is 0.156. The van der Waals surface area contributed by atoms with Gasteiger partial charge in [-0.15, -0.1) is 0 Å². The van der Waals surface area contributed by atoms with Crippen molar-refractivity contribution >= 4 is 17.7 Å². The average molecular weight is 252 g/mol. The second kappa shape index (κ2) is 6.14. The molecule has 0 aliphatic heterocycles. The van der Waals surface area contributed by atoms with Gasteiger partial charge in [0.05, 0.1) is 5.57 Å². The maximum atomic E-state index is 11.9. The molecule has 98 valence electrons. The maximum Gasteiger partial charge on any atom is 0.308 e. The monoisotopic (exact) mass is 252 g/mol. The van der Waals surface area contributed by atoms with Crippen LogP contribution in [0.25, 0.3) is 0 Å². The first-order valence-electron chi connectivity index (χ1n) is 5.75. The lowest BCUT2D eigenvalue weighted by Crippen LogP contribution is -2.18. The number of Topliss-reactive ketones (excluding diaryl/α,β-unsaturated/α-hetero) is 1. The van der Waals surface area contributed by atoms with Gasteiger partial charge in [-0.05, 0) is 19.4 Å². The number of hydrogen-bond donors (Lipinski definition) is 0. The Morgan fingerprint density at radius 3 is 2.33 bits per heavy atom. The van der Waals surface area contributed by atoms with Crippen LogP contribution in [-0.2, 0) is 23.9 Å². The molecule has 0 amide bonds. The minimum atomic E-state index is -0.517. The van der Waals surface area contributed by atoms with Crippen molar-refractivity contribution in [2.75, 3.05) is 0 Å². The number of hydrogen-bond acceptors (Lipinski definition) is 5. The lowest BCUT2D eigenvalue weighted by molar-refractivity contribution is -0.137. The predicted molar refractivity (Wildman–Crippen MR) is 63.2 cm³/mol. The molecule has 0 fully saturated rings. The molecule has 0 atom stereocenters. The maximum absolute atomic E-state index is 11.9. The molecule has 1 aliphatic carbocycles. The zero-order valence-corrected chi connectivity index (χ0v) is 10.7. The Labute approximate surface area is 105 Å². The van der Waals surface area contributed by atoms with Gasteiger partial charge in [0.25, 0.3) is 0 Å². The van der Waals surface area contributed by atoms with Gasteiger partial charge in [-0.1, -0.05) is 0 Å². The molecule has 0 aromatic heterocycles. The van der Waals surface area contributed by atoms with Crippen molar-refractivity contribution in [1.82, 2.24) is 0 Å². The van der Waals surface area contributed by atoms with Crippen LogP contribution in [0, 0.1) is 0 Å². The average Bonchev–Trinajstić information content (AvgIpc) is 2.25. The highest BCUT2D eigenvalue weighted by Crippen LogP contribution is 2.29. The van der Waals surface area contributed by atoms with Crippen molar-refractivity contribution < 1.29 is 23.9 Å².